The Labute approximate surface area is 314 Å². The molecular weight excluding hydrogens is 639 g/mol. The maximum absolute atomic E-state index is 4.09. The van der Waals surface area contributed by atoms with E-state index in [1.165, 1.54) is 44.5 Å². The zero-order valence-corrected chi connectivity index (χ0v) is 30.4. The van der Waals surface area contributed by atoms with Crippen molar-refractivity contribution in [1.82, 2.24) is 0 Å². The van der Waals surface area contributed by atoms with Crippen LogP contribution in [0.15, 0.2) is 213 Å². The molecule has 0 unspecified atom stereocenters. The number of anilines is 3. The summed E-state index contributed by atoms with van der Waals surface area (Å²) in [6.45, 7) is 12.1. The van der Waals surface area contributed by atoms with Crippen molar-refractivity contribution in [3.8, 4) is 44.5 Å². The van der Waals surface area contributed by atoms with Crippen LogP contribution in [0.1, 0.15) is 25.0 Å². The molecule has 53 heavy (non-hydrogen) atoms. The second kappa shape index (κ2) is 16.1. The lowest BCUT2D eigenvalue weighted by atomic mass is 9.99. The maximum Gasteiger partial charge on any atom is 0.0462 e. The van der Waals surface area contributed by atoms with Crippen LogP contribution in [-0.4, -0.2) is 0 Å². The van der Waals surface area contributed by atoms with Crippen molar-refractivity contribution < 1.29 is 0 Å². The Balaban J connectivity index is 1.20. The van der Waals surface area contributed by atoms with Gasteiger partial charge in [0.05, 0.1) is 0 Å². The molecule has 7 aromatic carbocycles. The molecule has 0 aliphatic carbocycles. The molecule has 0 aliphatic heterocycles. The predicted molar refractivity (Wildman–Crippen MR) is 231 cm³/mol. The molecule has 1 heteroatoms. The van der Waals surface area contributed by atoms with E-state index < -0.39 is 0 Å². The third-order valence-electron chi connectivity index (χ3n) is 9.75. The van der Waals surface area contributed by atoms with Crippen molar-refractivity contribution >= 4 is 28.2 Å². The molecule has 0 atom stereocenters. The molecule has 7 aromatic rings. The predicted octanol–water partition coefficient (Wildman–Crippen LogP) is 15.0. The van der Waals surface area contributed by atoms with Gasteiger partial charge in [-0.25, -0.2) is 0 Å². The lowest BCUT2D eigenvalue weighted by Gasteiger charge is -2.26. The Morgan fingerprint density at radius 3 is 1.08 bits per heavy atom. The number of hydrogen-bond acceptors (Lipinski definition) is 1. The minimum atomic E-state index is 0.924. The minimum absolute atomic E-state index is 0.924. The molecule has 0 fully saturated rings. The highest BCUT2D eigenvalue weighted by Gasteiger charge is 2.14. The van der Waals surface area contributed by atoms with Crippen LogP contribution in [0.4, 0.5) is 17.1 Å². The topological polar surface area (TPSA) is 3.24 Å². The molecule has 0 heterocycles. The van der Waals surface area contributed by atoms with Gasteiger partial charge in [-0.1, -0.05) is 177 Å². The van der Waals surface area contributed by atoms with E-state index in [9.17, 15) is 0 Å². The van der Waals surface area contributed by atoms with E-state index >= 15 is 0 Å². The number of benzene rings is 7. The summed E-state index contributed by atoms with van der Waals surface area (Å²) < 4.78 is 0. The van der Waals surface area contributed by atoms with Crippen molar-refractivity contribution in [1.29, 1.82) is 0 Å². The van der Waals surface area contributed by atoms with Crippen molar-refractivity contribution in [3.05, 3.63) is 225 Å². The second-order valence-corrected chi connectivity index (χ2v) is 13.0. The van der Waals surface area contributed by atoms with E-state index in [0.717, 1.165) is 39.3 Å². The fraction of sp³-hybridized carbons (Fsp3) is 0.0385. The maximum atomic E-state index is 4.09. The Bertz CT molecular complexity index is 2360. The first-order valence-corrected chi connectivity index (χ1v) is 18.1. The summed E-state index contributed by atoms with van der Waals surface area (Å²) in [6, 6.07) is 63.2. The average Bonchev–Trinajstić information content (AvgIpc) is 3.24. The Morgan fingerprint density at radius 1 is 0.415 bits per heavy atom. The van der Waals surface area contributed by atoms with Crippen LogP contribution in [-0.2, 0) is 0 Å². The van der Waals surface area contributed by atoms with Crippen molar-refractivity contribution in [2.45, 2.75) is 13.8 Å². The molecule has 0 radical (unpaired) electrons. The summed E-state index contributed by atoms with van der Waals surface area (Å²) in [5.74, 6) is 0. The quantitative estimate of drug-likeness (QED) is 0.123. The zero-order chi connectivity index (χ0) is 36.6. The van der Waals surface area contributed by atoms with Crippen molar-refractivity contribution in [3.63, 3.8) is 0 Å². The van der Waals surface area contributed by atoms with Gasteiger partial charge < -0.3 is 4.90 Å². The van der Waals surface area contributed by atoms with Crippen LogP contribution in [0.25, 0.3) is 55.7 Å². The standard InChI is InChI=1S/C52H43N/c1-5-11-39(7-3)42-18-20-45(21-19-42)48-28-34-51(35-29-48)53(50-32-26-47(27-33-50)44-16-14-40(15-17-44)38(4)6-2)52-36-30-49(31-37-52)46-24-22-43(23-25-46)41-12-9-8-10-13-41/h5-37H,2,4H2,1,3H3/b11-5-,39-7+. The number of hydrogen-bond donors (Lipinski definition) is 0. The lowest BCUT2D eigenvalue weighted by molar-refractivity contribution is 1.28. The molecule has 0 spiro atoms. The third kappa shape index (κ3) is 7.81. The van der Waals surface area contributed by atoms with Gasteiger partial charge in [-0.2, -0.15) is 0 Å². The first-order valence-electron chi connectivity index (χ1n) is 18.1. The smallest absolute Gasteiger partial charge is 0.0462 e. The van der Waals surface area contributed by atoms with E-state index in [2.05, 4.69) is 226 Å². The van der Waals surface area contributed by atoms with Gasteiger partial charge in [0.1, 0.15) is 0 Å². The summed E-state index contributed by atoms with van der Waals surface area (Å²) in [5.41, 5.74) is 17.2. The van der Waals surface area contributed by atoms with Gasteiger partial charge in [-0.3, -0.25) is 0 Å². The summed E-state index contributed by atoms with van der Waals surface area (Å²) in [4.78, 5) is 2.32. The molecule has 256 valence electrons. The summed E-state index contributed by atoms with van der Waals surface area (Å²) >= 11 is 0. The van der Waals surface area contributed by atoms with Crippen molar-refractivity contribution in [2.75, 3.05) is 4.90 Å². The van der Waals surface area contributed by atoms with E-state index in [4.69, 9.17) is 0 Å². The second-order valence-electron chi connectivity index (χ2n) is 13.0. The normalized spacial score (nSPS) is 11.4. The van der Waals surface area contributed by atoms with E-state index in [1.807, 2.05) is 0 Å². The number of allylic oxidation sites excluding steroid dienone is 6. The third-order valence-corrected chi connectivity index (χ3v) is 9.75. The summed E-state index contributed by atoms with van der Waals surface area (Å²) in [5, 5.41) is 0. The SMILES string of the molecule is C=CC(=C)c1ccc(-c2ccc(N(c3ccc(-c4ccc(C(/C=C\C)=C/C)cc4)cc3)c3ccc(-c4ccc(-c5ccccc5)cc4)cc3)cc2)cc1. The van der Waals surface area contributed by atoms with Crippen LogP contribution in [0, 0.1) is 0 Å². The molecular formula is C52H43N. The van der Waals surface area contributed by atoms with E-state index in [-0.39, 0.29) is 0 Å². The summed E-state index contributed by atoms with van der Waals surface area (Å²) in [7, 11) is 0. The van der Waals surface area contributed by atoms with Crippen LogP contribution in [0.2, 0.25) is 0 Å². The Morgan fingerprint density at radius 2 is 0.736 bits per heavy atom. The van der Waals surface area contributed by atoms with Crippen molar-refractivity contribution in [2.24, 2.45) is 0 Å². The molecule has 0 saturated heterocycles. The van der Waals surface area contributed by atoms with Gasteiger partial charge in [0, 0.05) is 17.1 Å². The molecule has 0 N–H and O–H groups in total. The van der Waals surface area contributed by atoms with Gasteiger partial charge in [0.25, 0.3) is 0 Å². The van der Waals surface area contributed by atoms with Gasteiger partial charge in [-0.05, 0) is 117 Å². The average molecular weight is 682 g/mol. The molecule has 1 nitrogen and oxygen atoms in total. The van der Waals surface area contributed by atoms with Crippen LogP contribution in [0.3, 0.4) is 0 Å². The molecule has 0 aromatic heterocycles. The summed E-state index contributed by atoms with van der Waals surface area (Å²) in [6.07, 6.45) is 8.17. The molecule has 0 amide bonds. The van der Waals surface area contributed by atoms with Gasteiger partial charge in [0.15, 0.2) is 0 Å². The minimum Gasteiger partial charge on any atom is -0.311 e. The zero-order valence-electron chi connectivity index (χ0n) is 30.4. The highest BCUT2D eigenvalue weighted by atomic mass is 15.1. The lowest BCUT2D eigenvalue weighted by Crippen LogP contribution is -2.09. The number of nitrogens with zero attached hydrogens (tertiary/aromatic N) is 1. The molecule has 7 rings (SSSR count). The van der Waals surface area contributed by atoms with Crippen LogP contribution >= 0.6 is 0 Å². The van der Waals surface area contributed by atoms with Crippen LogP contribution < -0.4 is 4.90 Å². The van der Waals surface area contributed by atoms with Gasteiger partial charge in [-0.15, -0.1) is 0 Å². The largest absolute Gasteiger partial charge is 0.311 e. The highest BCUT2D eigenvalue weighted by Crippen LogP contribution is 2.38. The molecule has 0 bridgehead atoms. The van der Waals surface area contributed by atoms with Crippen LogP contribution in [0.5, 0.6) is 0 Å². The first-order chi connectivity index (χ1) is 26.0. The monoisotopic (exact) mass is 681 g/mol. The fourth-order valence-corrected chi connectivity index (χ4v) is 6.73. The molecule has 0 saturated carbocycles. The number of rotatable bonds is 11. The van der Waals surface area contributed by atoms with E-state index in [1.54, 1.807) is 6.08 Å². The van der Waals surface area contributed by atoms with E-state index in [0.29, 0.717) is 0 Å². The van der Waals surface area contributed by atoms with Gasteiger partial charge >= 0.3 is 0 Å². The highest BCUT2D eigenvalue weighted by molar-refractivity contribution is 5.82. The molecule has 0 aliphatic rings. The fourth-order valence-electron chi connectivity index (χ4n) is 6.73. The first kappa shape index (κ1) is 34.7. The Hall–Kier alpha value is -6.70. The Kier molecular flexibility index (Phi) is 10.6. The van der Waals surface area contributed by atoms with Gasteiger partial charge in [0.2, 0.25) is 0 Å².